The third kappa shape index (κ3) is 2.20. The normalized spacial score (nSPS) is 22.1. The van der Waals surface area contributed by atoms with Crippen LogP contribution < -0.4 is 5.32 Å². The lowest BCUT2D eigenvalue weighted by Gasteiger charge is -2.28. The van der Waals surface area contributed by atoms with E-state index in [-0.39, 0.29) is 18.2 Å². The summed E-state index contributed by atoms with van der Waals surface area (Å²) in [6.07, 6.45) is 2.18. The van der Waals surface area contributed by atoms with E-state index < -0.39 is 11.7 Å². The summed E-state index contributed by atoms with van der Waals surface area (Å²) in [5, 5.41) is 2.63. The van der Waals surface area contributed by atoms with Gasteiger partial charge in [-0.25, -0.2) is 4.39 Å². The second-order valence-electron chi connectivity index (χ2n) is 5.07. The first-order valence-corrected chi connectivity index (χ1v) is 6.53. The largest absolute Gasteiger partial charge is 0.342 e. The first-order chi connectivity index (χ1) is 9.15. The lowest BCUT2D eigenvalue weighted by molar-refractivity contribution is -0.134. The molecule has 2 aliphatic rings. The Morgan fingerprint density at radius 2 is 2.05 bits per heavy atom. The van der Waals surface area contributed by atoms with E-state index in [1.54, 1.807) is 11.0 Å². The Hall–Kier alpha value is -1.91. The SMILES string of the molecule is O=C1C[C@H](C(=O)N2CCCC2)c2ccc(F)cc2N1. The second kappa shape index (κ2) is 4.64. The molecule has 2 heterocycles. The Morgan fingerprint density at radius 1 is 1.32 bits per heavy atom. The quantitative estimate of drug-likeness (QED) is 0.840. The predicted molar refractivity (Wildman–Crippen MR) is 68.2 cm³/mol. The fourth-order valence-corrected chi connectivity index (χ4v) is 2.82. The Bertz CT molecular complexity index is 538. The second-order valence-corrected chi connectivity index (χ2v) is 5.07. The Balaban J connectivity index is 1.94. The number of nitrogens with one attached hydrogen (secondary N) is 1. The zero-order valence-corrected chi connectivity index (χ0v) is 10.5. The van der Waals surface area contributed by atoms with Gasteiger partial charge in [-0.15, -0.1) is 0 Å². The van der Waals surface area contributed by atoms with Crippen molar-refractivity contribution in [2.45, 2.75) is 25.2 Å². The van der Waals surface area contributed by atoms with Gasteiger partial charge in [0.15, 0.2) is 0 Å². The maximum absolute atomic E-state index is 13.2. The van der Waals surface area contributed by atoms with Crippen LogP contribution in [0.3, 0.4) is 0 Å². The van der Waals surface area contributed by atoms with Crippen LogP contribution >= 0.6 is 0 Å². The minimum atomic E-state index is -0.470. The van der Waals surface area contributed by atoms with Gasteiger partial charge in [-0.1, -0.05) is 6.07 Å². The fraction of sp³-hybridized carbons (Fsp3) is 0.429. The molecule has 0 aromatic heterocycles. The molecule has 1 saturated heterocycles. The number of carbonyl (C=O) groups excluding carboxylic acids is 2. The number of hydrogen-bond donors (Lipinski definition) is 1. The summed E-state index contributed by atoms with van der Waals surface area (Å²) in [4.78, 5) is 25.9. The van der Waals surface area contributed by atoms with Crippen LogP contribution in [0.15, 0.2) is 18.2 Å². The lowest BCUT2D eigenvalue weighted by Crippen LogP contribution is -2.37. The number of anilines is 1. The molecule has 19 heavy (non-hydrogen) atoms. The molecule has 1 aromatic rings. The van der Waals surface area contributed by atoms with Crippen LogP contribution in [0, 0.1) is 5.82 Å². The first-order valence-electron chi connectivity index (χ1n) is 6.53. The lowest BCUT2D eigenvalue weighted by atomic mass is 9.89. The minimum Gasteiger partial charge on any atom is -0.342 e. The maximum Gasteiger partial charge on any atom is 0.230 e. The number of carbonyl (C=O) groups is 2. The molecule has 0 aliphatic carbocycles. The molecule has 0 saturated carbocycles. The average molecular weight is 262 g/mol. The van der Waals surface area contributed by atoms with E-state index in [0.717, 1.165) is 31.5 Å². The third-order valence-corrected chi connectivity index (χ3v) is 3.77. The van der Waals surface area contributed by atoms with Crippen molar-refractivity contribution in [3.05, 3.63) is 29.6 Å². The molecule has 1 N–H and O–H groups in total. The van der Waals surface area contributed by atoms with Crippen LogP contribution in [-0.4, -0.2) is 29.8 Å². The van der Waals surface area contributed by atoms with Crippen molar-refractivity contribution in [2.75, 3.05) is 18.4 Å². The fourth-order valence-electron chi connectivity index (χ4n) is 2.82. The Kier molecular flexibility index (Phi) is 2.97. The zero-order valence-electron chi connectivity index (χ0n) is 10.5. The van der Waals surface area contributed by atoms with E-state index in [9.17, 15) is 14.0 Å². The molecule has 4 nitrogen and oxygen atoms in total. The van der Waals surface area contributed by atoms with Crippen molar-refractivity contribution < 1.29 is 14.0 Å². The highest BCUT2D eigenvalue weighted by atomic mass is 19.1. The number of rotatable bonds is 1. The number of nitrogens with zero attached hydrogens (tertiary/aromatic N) is 1. The van der Waals surface area contributed by atoms with Gasteiger partial charge in [0.1, 0.15) is 5.82 Å². The number of amides is 2. The van der Waals surface area contributed by atoms with Crippen molar-refractivity contribution in [2.24, 2.45) is 0 Å². The highest BCUT2D eigenvalue weighted by molar-refractivity contribution is 6.01. The molecule has 0 bridgehead atoms. The van der Waals surface area contributed by atoms with Crippen LogP contribution in [-0.2, 0) is 9.59 Å². The zero-order chi connectivity index (χ0) is 13.4. The van der Waals surface area contributed by atoms with Gasteiger partial charge in [0, 0.05) is 25.2 Å². The first kappa shape index (κ1) is 12.1. The molecular formula is C14H15FN2O2. The topological polar surface area (TPSA) is 49.4 Å². The summed E-state index contributed by atoms with van der Waals surface area (Å²) in [5.41, 5.74) is 1.15. The molecule has 0 unspecified atom stereocenters. The molecule has 1 fully saturated rings. The van der Waals surface area contributed by atoms with E-state index >= 15 is 0 Å². The molecule has 1 atom stereocenters. The van der Waals surface area contributed by atoms with Gasteiger partial charge in [0.25, 0.3) is 0 Å². The summed E-state index contributed by atoms with van der Waals surface area (Å²) in [7, 11) is 0. The molecule has 2 amide bonds. The van der Waals surface area contributed by atoms with Gasteiger partial charge in [-0.05, 0) is 30.5 Å². The molecule has 0 radical (unpaired) electrons. The molecular weight excluding hydrogens is 247 g/mol. The minimum absolute atomic E-state index is 0.0137. The molecule has 0 spiro atoms. The smallest absolute Gasteiger partial charge is 0.230 e. The number of benzene rings is 1. The monoisotopic (exact) mass is 262 g/mol. The van der Waals surface area contributed by atoms with Gasteiger partial charge in [0.05, 0.1) is 5.92 Å². The number of fused-ring (bicyclic) bond motifs is 1. The van der Waals surface area contributed by atoms with Crippen LogP contribution in [0.2, 0.25) is 0 Å². The van der Waals surface area contributed by atoms with Gasteiger partial charge in [0.2, 0.25) is 11.8 Å². The molecule has 100 valence electrons. The van der Waals surface area contributed by atoms with Crippen molar-refractivity contribution in [3.63, 3.8) is 0 Å². The third-order valence-electron chi connectivity index (χ3n) is 3.77. The van der Waals surface area contributed by atoms with Gasteiger partial charge in [-0.2, -0.15) is 0 Å². The summed E-state index contributed by atoms with van der Waals surface area (Å²) in [6.45, 7) is 1.51. The van der Waals surface area contributed by atoms with Crippen LogP contribution in [0.5, 0.6) is 0 Å². The number of hydrogen-bond acceptors (Lipinski definition) is 2. The molecule has 3 rings (SSSR count). The summed E-state index contributed by atoms with van der Waals surface area (Å²) in [5.74, 6) is -1.12. The van der Waals surface area contributed by atoms with E-state index in [0.29, 0.717) is 5.69 Å². The van der Waals surface area contributed by atoms with E-state index in [1.807, 2.05) is 0 Å². The van der Waals surface area contributed by atoms with Crippen LogP contribution in [0.25, 0.3) is 0 Å². The van der Waals surface area contributed by atoms with Crippen molar-refractivity contribution in [1.82, 2.24) is 4.90 Å². The van der Waals surface area contributed by atoms with E-state index in [4.69, 9.17) is 0 Å². The molecule has 5 heteroatoms. The van der Waals surface area contributed by atoms with E-state index in [1.165, 1.54) is 12.1 Å². The predicted octanol–water partition coefficient (Wildman–Crippen LogP) is 1.87. The Labute approximate surface area is 110 Å². The van der Waals surface area contributed by atoms with Crippen molar-refractivity contribution in [1.29, 1.82) is 0 Å². The van der Waals surface area contributed by atoms with E-state index in [2.05, 4.69) is 5.32 Å². The summed E-state index contributed by atoms with van der Waals surface area (Å²) < 4.78 is 13.2. The highest BCUT2D eigenvalue weighted by Gasteiger charge is 2.34. The van der Waals surface area contributed by atoms with Crippen LogP contribution in [0.4, 0.5) is 10.1 Å². The molecule has 1 aromatic carbocycles. The van der Waals surface area contributed by atoms with Crippen molar-refractivity contribution in [3.8, 4) is 0 Å². The van der Waals surface area contributed by atoms with Crippen molar-refractivity contribution >= 4 is 17.5 Å². The number of halogens is 1. The van der Waals surface area contributed by atoms with Crippen LogP contribution in [0.1, 0.15) is 30.7 Å². The Morgan fingerprint density at radius 3 is 2.79 bits per heavy atom. The maximum atomic E-state index is 13.2. The van der Waals surface area contributed by atoms with Gasteiger partial charge >= 0.3 is 0 Å². The molecule has 2 aliphatic heterocycles. The van der Waals surface area contributed by atoms with Gasteiger partial charge in [-0.3, -0.25) is 9.59 Å². The standard InChI is InChI=1S/C14H15FN2O2/c15-9-3-4-10-11(8-13(18)16-12(10)7-9)14(19)17-5-1-2-6-17/h3-4,7,11H,1-2,5-6,8H2,(H,16,18)/t11-/m0/s1. The number of likely N-dealkylation sites (tertiary alicyclic amines) is 1. The van der Waals surface area contributed by atoms with Gasteiger partial charge < -0.3 is 10.2 Å². The average Bonchev–Trinajstić information content (AvgIpc) is 2.90. The summed E-state index contributed by atoms with van der Waals surface area (Å²) >= 11 is 0. The highest BCUT2D eigenvalue weighted by Crippen LogP contribution is 2.34. The summed E-state index contributed by atoms with van der Waals surface area (Å²) in [6, 6.07) is 4.21.